The van der Waals surface area contributed by atoms with Crippen LogP contribution < -0.4 is 0 Å². The van der Waals surface area contributed by atoms with Crippen LogP contribution in [0.2, 0.25) is 0 Å². The summed E-state index contributed by atoms with van der Waals surface area (Å²) < 4.78 is 0. The molecule has 0 fully saturated rings. The van der Waals surface area contributed by atoms with Crippen molar-refractivity contribution in [2.24, 2.45) is 4.99 Å². The first kappa shape index (κ1) is 7.64. The Kier molecular flexibility index (Phi) is 3.07. The zero-order valence-electron chi connectivity index (χ0n) is 5.39. The minimum atomic E-state index is 0.477. The molecule has 0 N–H and O–H groups in total. The number of hydrogen-bond acceptors (Lipinski definition) is 2. The van der Waals surface area contributed by atoms with Crippen LogP contribution >= 0.6 is 0 Å². The molecule has 0 aliphatic rings. The average Bonchev–Trinajstić information content (AvgIpc) is 1.82. The molecule has 2 heteroatoms. The molecule has 0 rings (SSSR count). The van der Waals surface area contributed by atoms with Crippen LogP contribution in [0.4, 0.5) is 0 Å². The fourth-order valence-corrected chi connectivity index (χ4v) is 0.326. The molecule has 9 heavy (non-hydrogen) atoms. The van der Waals surface area contributed by atoms with Crippen LogP contribution in [0.5, 0.6) is 0 Å². The number of aliphatic imine (C=N–C) groups is 1. The lowest BCUT2D eigenvalue weighted by molar-refractivity contribution is 1.38. The second kappa shape index (κ2) is 3.62. The standard InChI is InChI=1S/C7H8N2/c1-6(2)7(4-8)5-9-3/h5H,1,3H2,2H3. The molecule has 0 aliphatic heterocycles. The van der Waals surface area contributed by atoms with Crippen molar-refractivity contribution in [3.05, 3.63) is 23.9 Å². The summed E-state index contributed by atoms with van der Waals surface area (Å²) in [6.45, 7) is 8.53. The molecule has 0 heterocycles. The monoisotopic (exact) mass is 120 g/mol. The predicted octanol–water partition coefficient (Wildman–Crippen LogP) is 1.67. The van der Waals surface area contributed by atoms with Crippen molar-refractivity contribution in [1.29, 1.82) is 5.26 Å². The molecule has 0 atom stereocenters. The van der Waals surface area contributed by atoms with Crippen molar-refractivity contribution >= 4 is 6.72 Å². The van der Waals surface area contributed by atoms with Gasteiger partial charge in [0.05, 0.1) is 5.57 Å². The lowest BCUT2D eigenvalue weighted by Gasteiger charge is -1.88. The Balaban J connectivity index is 4.38. The quantitative estimate of drug-likeness (QED) is 0.310. The molecular weight excluding hydrogens is 112 g/mol. The van der Waals surface area contributed by atoms with E-state index in [4.69, 9.17) is 5.26 Å². The van der Waals surface area contributed by atoms with E-state index in [1.165, 1.54) is 6.20 Å². The van der Waals surface area contributed by atoms with Gasteiger partial charge in [0.25, 0.3) is 0 Å². The van der Waals surface area contributed by atoms with Crippen molar-refractivity contribution in [3.63, 3.8) is 0 Å². The summed E-state index contributed by atoms with van der Waals surface area (Å²) in [6, 6.07) is 1.93. The molecule has 0 aromatic carbocycles. The number of hydrogen-bond donors (Lipinski definition) is 0. The van der Waals surface area contributed by atoms with Crippen molar-refractivity contribution in [2.75, 3.05) is 0 Å². The van der Waals surface area contributed by atoms with Gasteiger partial charge in [-0.1, -0.05) is 6.58 Å². The molecule has 0 bridgehead atoms. The summed E-state index contributed by atoms with van der Waals surface area (Å²) in [5.41, 5.74) is 1.19. The van der Waals surface area contributed by atoms with Crippen LogP contribution in [-0.2, 0) is 0 Å². The number of nitrogens with zero attached hydrogens (tertiary/aromatic N) is 2. The maximum absolute atomic E-state index is 8.36. The minimum Gasteiger partial charge on any atom is -0.271 e. The zero-order valence-corrected chi connectivity index (χ0v) is 5.39. The van der Waals surface area contributed by atoms with E-state index in [2.05, 4.69) is 18.3 Å². The Hall–Kier alpha value is -1.36. The van der Waals surface area contributed by atoms with E-state index in [0.717, 1.165) is 0 Å². The lowest BCUT2D eigenvalue weighted by Crippen LogP contribution is -1.76. The normalized spacial score (nSPS) is 10.0. The van der Waals surface area contributed by atoms with Crippen molar-refractivity contribution in [3.8, 4) is 6.07 Å². The third-order valence-electron chi connectivity index (χ3n) is 0.801. The van der Waals surface area contributed by atoms with E-state index >= 15 is 0 Å². The van der Waals surface area contributed by atoms with Crippen molar-refractivity contribution < 1.29 is 0 Å². The van der Waals surface area contributed by atoms with Gasteiger partial charge in [0, 0.05) is 6.20 Å². The molecule has 0 saturated heterocycles. The van der Waals surface area contributed by atoms with Gasteiger partial charge in [0.2, 0.25) is 0 Å². The smallest absolute Gasteiger partial charge is 0.101 e. The fraction of sp³-hybridized carbons (Fsp3) is 0.143. The number of nitriles is 1. The largest absolute Gasteiger partial charge is 0.271 e. The number of rotatable bonds is 2. The molecule has 0 saturated carbocycles. The SMILES string of the molecule is C=NC=C(C#N)C(=C)C. The third kappa shape index (κ3) is 2.45. The van der Waals surface area contributed by atoms with Crippen LogP contribution in [0.3, 0.4) is 0 Å². The van der Waals surface area contributed by atoms with Gasteiger partial charge in [-0.05, 0) is 19.2 Å². The van der Waals surface area contributed by atoms with Crippen LogP contribution in [0, 0.1) is 11.3 Å². The van der Waals surface area contributed by atoms with E-state index in [9.17, 15) is 0 Å². The molecule has 46 valence electrons. The summed E-state index contributed by atoms with van der Waals surface area (Å²) in [5, 5.41) is 8.36. The topological polar surface area (TPSA) is 36.1 Å². The molecule has 0 aliphatic carbocycles. The predicted molar refractivity (Wildman–Crippen MR) is 38.1 cm³/mol. The van der Waals surface area contributed by atoms with Gasteiger partial charge in [-0.25, -0.2) is 0 Å². The Morgan fingerprint density at radius 1 is 1.78 bits per heavy atom. The van der Waals surface area contributed by atoms with Gasteiger partial charge in [0.15, 0.2) is 0 Å². The average molecular weight is 120 g/mol. The van der Waals surface area contributed by atoms with Crippen LogP contribution in [0.25, 0.3) is 0 Å². The van der Waals surface area contributed by atoms with E-state index in [1.54, 1.807) is 6.92 Å². The first-order valence-corrected chi connectivity index (χ1v) is 2.44. The molecule has 0 aromatic heterocycles. The third-order valence-corrected chi connectivity index (χ3v) is 0.801. The van der Waals surface area contributed by atoms with E-state index in [0.29, 0.717) is 11.1 Å². The zero-order chi connectivity index (χ0) is 7.28. The highest BCUT2D eigenvalue weighted by Crippen LogP contribution is 2.03. The van der Waals surface area contributed by atoms with Gasteiger partial charge in [0.1, 0.15) is 6.07 Å². The van der Waals surface area contributed by atoms with Crippen LogP contribution in [0.1, 0.15) is 6.92 Å². The van der Waals surface area contributed by atoms with Gasteiger partial charge in [-0.15, -0.1) is 0 Å². The Labute approximate surface area is 54.8 Å². The van der Waals surface area contributed by atoms with Gasteiger partial charge < -0.3 is 0 Å². The highest BCUT2D eigenvalue weighted by Gasteiger charge is 1.91. The first-order valence-electron chi connectivity index (χ1n) is 2.44. The molecule has 0 radical (unpaired) electrons. The summed E-state index contributed by atoms with van der Waals surface area (Å²) in [7, 11) is 0. The van der Waals surface area contributed by atoms with E-state index in [-0.39, 0.29) is 0 Å². The van der Waals surface area contributed by atoms with Crippen molar-refractivity contribution in [1.82, 2.24) is 0 Å². The lowest BCUT2D eigenvalue weighted by atomic mass is 10.2. The van der Waals surface area contributed by atoms with E-state index in [1.807, 2.05) is 6.07 Å². The second-order valence-corrected chi connectivity index (χ2v) is 1.62. The van der Waals surface area contributed by atoms with Gasteiger partial charge >= 0.3 is 0 Å². The maximum atomic E-state index is 8.36. The Morgan fingerprint density at radius 3 is 2.44 bits per heavy atom. The molecule has 0 unspecified atom stereocenters. The highest BCUT2D eigenvalue weighted by molar-refractivity contribution is 5.40. The maximum Gasteiger partial charge on any atom is 0.101 e. The summed E-state index contributed by atoms with van der Waals surface area (Å²) in [4.78, 5) is 3.43. The fourth-order valence-electron chi connectivity index (χ4n) is 0.326. The highest BCUT2D eigenvalue weighted by atomic mass is 14.6. The number of allylic oxidation sites excluding steroid dienone is 2. The summed E-state index contributed by atoms with van der Waals surface area (Å²) >= 11 is 0. The second-order valence-electron chi connectivity index (χ2n) is 1.62. The molecule has 0 amide bonds. The summed E-state index contributed by atoms with van der Waals surface area (Å²) in [5.74, 6) is 0. The Bertz CT molecular complexity index is 193. The molecule has 0 spiro atoms. The molecule has 2 nitrogen and oxygen atoms in total. The van der Waals surface area contributed by atoms with Crippen LogP contribution in [-0.4, -0.2) is 6.72 Å². The van der Waals surface area contributed by atoms with E-state index < -0.39 is 0 Å². The summed E-state index contributed by atoms with van der Waals surface area (Å²) in [6.07, 6.45) is 1.39. The van der Waals surface area contributed by atoms with Crippen molar-refractivity contribution in [2.45, 2.75) is 6.92 Å². The molecule has 0 aromatic rings. The van der Waals surface area contributed by atoms with Gasteiger partial charge in [-0.2, -0.15) is 5.26 Å². The minimum absolute atomic E-state index is 0.477. The first-order chi connectivity index (χ1) is 4.22. The molecular formula is C7H8N2. The Morgan fingerprint density at radius 2 is 2.33 bits per heavy atom. The van der Waals surface area contributed by atoms with Crippen LogP contribution in [0.15, 0.2) is 28.9 Å². The van der Waals surface area contributed by atoms with Gasteiger partial charge in [-0.3, -0.25) is 4.99 Å².